The van der Waals surface area contributed by atoms with Crippen LogP contribution in [0.2, 0.25) is 5.15 Å². The van der Waals surface area contributed by atoms with Crippen LogP contribution in [0, 0.1) is 6.92 Å². The summed E-state index contributed by atoms with van der Waals surface area (Å²) in [5.74, 6) is 1.24. The van der Waals surface area contributed by atoms with Crippen LogP contribution in [0.15, 0.2) is 0 Å². The predicted octanol–water partition coefficient (Wildman–Crippen LogP) is 3.12. The fourth-order valence-electron chi connectivity index (χ4n) is 1.27. The van der Waals surface area contributed by atoms with E-state index in [2.05, 4.69) is 23.8 Å². The van der Waals surface area contributed by atoms with Crippen molar-refractivity contribution in [3.8, 4) is 0 Å². The summed E-state index contributed by atoms with van der Waals surface area (Å²) in [7, 11) is 0. The van der Waals surface area contributed by atoms with Crippen LogP contribution in [0.4, 0.5) is 0 Å². The second kappa shape index (κ2) is 4.05. The van der Waals surface area contributed by atoms with E-state index in [0.29, 0.717) is 11.1 Å². The average molecular weight is 199 g/mol. The Morgan fingerprint density at radius 1 is 1.31 bits per heavy atom. The summed E-state index contributed by atoms with van der Waals surface area (Å²) < 4.78 is 0. The lowest BCUT2D eigenvalue weighted by atomic mass is 10.1. The Bertz CT molecular complexity index is 308. The minimum absolute atomic E-state index is 0.408. The Morgan fingerprint density at radius 2 is 1.92 bits per heavy atom. The zero-order chi connectivity index (χ0) is 10.0. The highest BCUT2D eigenvalue weighted by molar-refractivity contribution is 6.30. The van der Waals surface area contributed by atoms with Crippen molar-refractivity contribution in [2.24, 2.45) is 0 Å². The van der Waals surface area contributed by atoms with Crippen LogP contribution < -0.4 is 0 Å². The molecular weight excluding hydrogens is 184 g/mol. The Labute approximate surface area is 84.4 Å². The third kappa shape index (κ3) is 2.19. The molecule has 0 aliphatic heterocycles. The molecule has 0 aromatic carbocycles. The summed E-state index contributed by atoms with van der Waals surface area (Å²) in [5.41, 5.74) is 2.07. The molecule has 0 amide bonds. The minimum atomic E-state index is 0.408. The van der Waals surface area contributed by atoms with Gasteiger partial charge in [-0.15, -0.1) is 0 Å². The molecule has 1 aromatic rings. The molecule has 0 aliphatic rings. The zero-order valence-corrected chi connectivity index (χ0v) is 9.31. The Hall–Kier alpha value is -0.630. The van der Waals surface area contributed by atoms with Crippen molar-refractivity contribution in [1.29, 1.82) is 0 Å². The van der Waals surface area contributed by atoms with E-state index >= 15 is 0 Å². The van der Waals surface area contributed by atoms with Gasteiger partial charge in [0.2, 0.25) is 0 Å². The maximum absolute atomic E-state index is 5.99. The second-order valence-electron chi connectivity index (χ2n) is 3.45. The molecule has 0 saturated carbocycles. The number of nitrogens with zero attached hydrogens (tertiary/aromatic N) is 2. The summed E-state index contributed by atoms with van der Waals surface area (Å²) in [6.45, 7) is 8.23. The topological polar surface area (TPSA) is 25.8 Å². The largest absolute Gasteiger partial charge is 0.237 e. The van der Waals surface area contributed by atoms with E-state index in [4.69, 9.17) is 11.6 Å². The van der Waals surface area contributed by atoms with Crippen LogP contribution in [0.5, 0.6) is 0 Å². The van der Waals surface area contributed by atoms with E-state index < -0.39 is 0 Å². The zero-order valence-electron chi connectivity index (χ0n) is 8.56. The van der Waals surface area contributed by atoms with Gasteiger partial charge in [-0.25, -0.2) is 9.97 Å². The highest BCUT2D eigenvalue weighted by Gasteiger charge is 2.10. The van der Waals surface area contributed by atoms with E-state index in [1.807, 2.05) is 13.8 Å². The molecule has 1 heterocycles. The third-order valence-electron chi connectivity index (χ3n) is 2.03. The first kappa shape index (κ1) is 10.5. The smallest absolute Gasteiger partial charge is 0.135 e. The fraction of sp³-hybridized carbons (Fsp3) is 0.600. The van der Waals surface area contributed by atoms with Crippen molar-refractivity contribution in [3.05, 3.63) is 22.2 Å². The molecule has 0 atom stereocenters. The SMILES string of the molecule is CCc1nc(Cl)c(C)c(C(C)C)n1. The van der Waals surface area contributed by atoms with Crippen molar-refractivity contribution in [2.75, 3.05) is 0 Å². The summed E-state index contributed by atoms with van der Waals surface area (Å²) in [6, 6.07) is 0. The molecule has 13 heavy (non-hydrogen) atoms. The van der Waals surface area contributed by atoms with Gasteiger partial charge in [0, 0.05) is 12.0 Å². The van der Waals surface area contributed by atoms with E-state index in [0.717, 1.165) is 23.5 Å². The molecule has 0 radical (unpaired) electrons. The van der Waals surface area contributed by atoms with Gasteiger partial charge in [0.1, 0.15) is 11.0 Å². The monoisotopic (exact) mass is 198 g/mol. The number of hydrogen-bond donors (Lipinski definition) is 0. The molecule has 0 fully saturated rings. The molecule has 0 aliphatic carbocycles. The molecule has 2 nitrogen and oxygen atoms in total. The van der Waals surface area contributed by atoms with E-state index in [1.54, 1.807) is 0 Å². The van der Waals surface area contributed by atoms with Gasteiger partial charge in [-0.05, 0) is 12.8 Å². The maximum Gasteiger partial charge on any atom is 0.135 e. The predicted molar refractivity (Wildman–Crippen MR) is 55.2 cm³/mol. The number of hydrogen-bond acceptors (Lipinski definition) is 2. The summed E-state index contributed by atoms with van der Waals surface area (Å²) in [5, 5.41) is 0.593. The van der Waals surface area contributed by atoms with Crippen LogP contribution >= 0.6 is 11.6 Å². The molecule has 3 heteroatoms. The van der Waals surface area contributed by atoms with Crippen molar-refractivity contribution < 1.29 is 0 Å². The first-order valence-electron chi connectivity index (χ1n) is 4.59. The van der Waals surface area contributed by atoms with Crippen LogP contribution in [-0.2, 0) is 6.42 Å². The van der Waals surface area contributed by atoms with Gasteiger partial charge in [-0.3, -0.25) is 0 Å². The molecule has 0 N–H and O–H groups in total. The molecule has 1 rings (SSSR count). The maximum atomic E-state index is 5.99. The summed E-state index contributed by atoms with van der Waals surface area (Å²) >= 11 is 5.99. The molecular formula is C10H15ClN2. The molecule has 72 valence electrons. The highest BCUT2D eigenvalue weighted by atomic mass is 35.5. The lowest BCUT2D eigenvalue weighted by Crippen LogP contribution is -2.04. The van der Waals surface area contributed by atoms with Gasteiger partial charge in [-0.1, -0.05) is 32.4 Å². The second-order valence-corrected chi connectivity index (χ2v) is 3.81. The molecule has 0 saturated heterocycles. The first-order valence-corrected chi connectivity index (χ1v) is 4.97. The Morgan fingerprint density at radius 3 is 2.38 bits per heavy atom. The van der Waals surface area contributed by atoms with Gasteiger partial charge in [0.15, 0.2) is 0 Å². The highest BCUT2D eigenvalue weighted by Crippen LogP contribution is 2.22. The summed E-state index contributed by atoms with van der Waals surface area (Å²) in [4.78, 5) is 8.64. The molecule has 1 aromatic heterocycles. The number of aromatic nitrogens is 2. The standard InChI is InChI=1S/C10H15ClN2/c1-5-8-12-9(6(2)3)7(4)10(11)13-8/h6H,5H2,1-4H3. The number of aryl methyl sites for hydroxylation is 1. The first-order chi connectivity index (χ1) is 6.06. The van der Waals surface area contributed by atoms with E-state index in [1.165, 1.54) is 0 Å². The third-order valence-corrected chi connectivity index (χ3v) is 2.40. The van der Waals surface area contributed by atoms with Gasteiger partial charge >= 0.3 is 0 Å². The number of rotatable bonds is 2. The van der Waals surface area contributed by atoms with E-state index in [-0.39, 0.29) is 0 Å². The minimum Gasteiger partial charge on any atom is -0.237 e. The lowest BCUT2D eigenvalue weighted by Gasteiger charge is -2.10. The Balaban J connectivity index is 3.25. The van der Waals surface area contributed by atoms with E-state index in [9.17, 15) is 0 Å². The van der Waals surface area contributed by atoms with Crippen LogP contribution in [0.25, 0.3) is 0 Å². The quantitative estimate of drug-likeness (QED) is 0.683. The van der Waals surface area contributed by atoms with Gasteiger partial charge in [0.25, 0.3) is 0 Å². The molecule has 0 bridgehead atoms. The molecule has 0 unspecified atom stereocenters. The average Bonchev–Trinajstić information content (AvgIpc) is 2.09. The van der Waals surface area contributed by atoms with Crippen molar-refractivity contribution in [1.82, 2.24) is 9.97 Å². The Kier molecular flexibility index (Phi) is 3.26. The van der Waals surface area contributed by atoms with Crippen molar-refractivity contribution >= 4 is 11.6 Å². The lowest BCUT2D eigenvalue weighted by molar-refractivity contribution is 0.774. The van der Waals surface area contributed by atoms with Gasteiger partial charge < -0.3 is 0 Å². The van der Waals surface area contributed by atoms with Crippen molar-refractivity contribution in [3.63, 3.8) is 0 Å². The van der Waals surface area contributed by atoms with Gasteiger partial charge in [0.05, 0.1) is 5.69 Å². The normalized spacial score (nSPS) is 10.9. The number of halogens is 1. The van der Waals surface area contributed by atoms with Crippen LogP contribution in [-0.4, -0.2) is 9.97 Å². The fourth-order valence-corrected chi connectivity index (χ4v) is 1.47. The summed E-state index contributed by atoms with van der Waals surface area (Å²) in [6.07, 6.45) is 0.833. The van der Waals surface area contributed by atoms with Gasteiger partial charge in [-0.2, -0.15) is 0 Å². The molecule has 0 spiro atoms. The van der Waals surface area contributed by atoms with Crippen molar-refractivity contribution in [2.45, 2.75) is 40.0 Å². The van der Waals surface area contributed by atoms with Crippen LogP contribution in [0.3, 0.4) is 0 Å². The van der Waals surface area contributed by atoms with Crippen LogP contribution in [0.1, 0.15) is 43.8 Å².